The van der Waals surface area contributed by atoms with Crippen LogP contribution in [0.1, 0.15) is 10.4 Å². The van der Waals surface area contributed by atoms with E-state index in [2.05, 4.69) is 9.88 Å². The van der Waals surface area contributed by atoms with Crippen LogP contribution in [0.25, 0.3) is 0 Å². The van der Waals surface area contributed by atoms with Gasteiger partial charge in [-0.25, -0.2) is 4.39 Å². The van der Waals surface area contributed by atoms with Gasteiger partial charge < -0.3 is 9.80 Å². The lowest BCUT2D eigenvalue weighted by atomic mass is 10.1. The summed E-state index contributed by atoms with van der Waals surface area (Å²) in [4.78, 5) is 20.2. The van der Waals surface area contributed by atoms with Crippen LogP contribution >= 0.6 is 11.6 Å². The lowest BCUT2D eigenvalue weighted by Gasteiger charge is -2.36. The Morgan fingerprint density at radius 2 is 1.95 bits per heavy atom. The van der Waals surface area contributed by atoms with Crippen LogP contribution in [0.4, 0.5) is 10.1 Å². The number of piperazine rings is 1. The van der Waals surface area contributed by atoms with E-state index in [1.165, 1.54) is 12.1 Å². The van der Waals surface area contributed by atoms with E-state index in [0.29, 0.717) is 36.8 Å². The van der Waals surface area contributed by atoms with Crippen LogP contribution in [0.15, 0.2) is 42.7 Å². The number of hydrogen-bond donors (Lipinski definition) is 0. The predicted octanol–water partition coefficient (Wildman–Crippen LogP) is 2.84. The van der Waals surface area contributed by atoms with E-state index in [1.807, 2.05) is 6.07 Å². The van der Waals surface area contributed by atoms with E-state index in [0.717, 1.165) is 5.69 Å². The minimum atomic E-state index is -0.395. The van der Waals surface area contributed by atoms with Crippen molar-refractivity contribution in [1.82, 2.24) is 9.88 Å². The SMILES string of the molecule is O=C(c1cccc(F)c1)N1CCN(c2ccncc2Cl)CC1. The summed E-state index contributed by atoms with van der Waals surface area (Å²) >= 11 is 6.14. The Kier molecular flexibility index (Phi) is 4.24. The quantitative estimate of drug-likeness (QED) is 0.854. The minimum absolute atomic E-state index is 0.139. The summed E-state index contributed by atoms with van der Waals surface area (Å²) in [6, 6.07) is 7.66. The largest absolute Gasteiger partial charge is 0.367 e. The fourth-order valence-electron chi connectivity index (χ4n) is 2.58. The fraction of sp³-hybridized carbons (Fsp3) is 0.250. The highest BCUT2D eigenvalue weighted by Gasteiger charge is 2.23. The van der Waals surface area contributed by atoms with Crippen LogP contribution in [-0.4, -0.2) is 42.0 Å². The molecular formula is C16H15ClFN3O. The average Bonchev–Trinajstić information content (AvgIpc) is 2.55. The summed E-state index contributed by atoms with van der Waals surface area (Å²) in [6.45, 7) is 2.53. The highest BCUT2D eigenvalue weighted by atomic mass is 35.5. The maximum atomic E-state index is 13.2. The van der Waals surface area contributed by atoms with Gasteiger partial charge in [0.2, 0.25) is 0 Å². The minimum Gasteiger partial charge on any atom is -0.367 e. The average molecular weight is 320 g/mol. The molecule has 114 valence electrons. The molecule has 1 aromatic carbocycles. The number of anilines is 1. The van der Waals surface area contributed by atoms with Gasteiger partial charge >= 0.3 is 0 Å². The molecule has 0 radical (unpaired) electrons. The predicted molar refractivity (Wildman–Crippen MR) is 83.8 cm³/mol. The van der Waals surface area contributed by atoms with Gasteiger partial charge in [-0.05, 0) is 24.3 Å². The van der Waals surface area contributed by atoms with Crippen LogP contribution in [0.5, 0.6) is 0 Å². The molecule has 1 aliphatic heterocycles. The normalized spacial score (nSPS) is 15.0. The van der Waals surface area contributed by atoms with E-state index in [9.17, 15) is 9.18 Å². The number of nitrogens with zero attached hydrogens (tertiary/aromatic N) is 3. The molecule has 1 aromatic heterocycles. The molecule has 0 spiro atoms. The molecule has 2 aromatic rings. The second-order valence-electron chi connectivity index (χ2n) is 5.12. The van der Waals surface area contributed by atoms with Crippen molar-refractivity contribution in [3.63, 3.8) is 0 Å². The van der Waals surface area contributed by atoms with E-state index < -0.39 is 5.82 Å². The second kappa shape index (κ2) is 6.32. The van der Waals surface area contributed by atoms with Gasteiger partial charge in [0, 0.05) is 44.1 Å². The molecule has 2 heterocycles. The molecule has 4 nitrogen and oxygen atoms in total. The molecule has 0 aliphatic carbocycles. The van der Waals surface area contributed by atoms with Gasteiger partial charge in [-0.1, -0.05) is 17.7 Å². The maximum Gasteiger partial charge on any atom is 0.254 e. The summed E-state index contributed by atoms with van der Waals surface area (Å²) < 4.78 is 13.2. The summed E-state index contributed by atoms with van der Waals surface area (Å²) in [6.07, 6.45) is 3.31. The Morgan fingerprint density at radius 1 is 1.18 bits per heavy atom. The molecule has 0 atom stereocenters. The number of pyridine rings is 1. The van der Waals surface area contributed by atoms with Crippen molar-refractivity contribution in [3.05, 3.63) is 59.1 Å². The molecule has 1 fully saturated rings. The van der Waals surface area contributed by atoms with Gasteiger partial charge in [-0.3, -0.25) is 9.78 Å². The monoisotopic (exact) mass is 319 g/mol. The molecule has 0 bridgehead atoms. The first-order chi connectivity index (χ1) is 10.6. The second-order valence-corrected chi connectivity index (χ2v) is 5.52. The fourth-order valence-corrected chi connectivity index (χ4v) is 2.82. The Morgan fingerprint density at radius 3 is 2.64 bits per heavy atom. The van der Waals surface area contributed by atoms with Crippen LogP contribution in [0.3, 0.4) is 0 Å². The number of amides is 1. The zero-order valence-corrected chi connectivity index (χ0v) is 12.6. The smallest absolute Gasteiger partial charge is 0.254 e. The van der Waals surface area contributed by atoms with Crippen LogP contribution in [-0.2, 0) is 0 Å². The Labute approximate surface area is 133 Å². The summed E-state index contributed by atoms with van der Waals surface area (Å²) in [7, 11) is 0. The zero-order valence-electron chi connectivity index (χ0n) is 11.9. The Hall–Kier alpha value is -2.14. The summed E-state index contributed by atoms with van der Waals surface area (Å²) in [5.74, 6) is -0.534. The molecule has 1 amide bonds. The number of benzene rings is 1. The highest BCUT2D eigenvalue weighted by molar-refractivity contribution is 6.33. The third-order valence-corrected chi connectivity index (χ3v) is 4.02. The lowest BCUT2D eigenvalue weighted by molar-refractivity contribution is 0.0746. The van der Waals surface area contributed by atoms with E-state index in [4.69, 9.17) is 11.6 Å². The van der Waals surface area contributed by atoms with E-state index >= 15 is 0 Å². The Bertz CT molecular complexity index is 687. The van der Waals surface area contributed by atoms with Gasteiger partial charge in [0.05, 0.1) is 10.7 Å². The number of hydrogen-bond acceptors (Lipinski definition) is 3. The van der Waals surface area contributed by atoms with Crippen LogP contribution in [0.2, 0.25) is 5.02 Å². The first kappa shape index (κ1) is 14.8. The van der Waals surface area contributed by atoms with Gasteiger partial charge in [0.25, 0.3) is 5.91 Å². The summed E-state index contributed by atoms with van der Waals surface area (Å²) in [5, 5.41) is 0.604. The molecule has 3 rings (SSSR count). The third kappa shape index (κ3) is 3.04. The number of carbonyl (C=O) groups is 1. The van der Waals surface area contributed by atoms with Crippen molar-refractivity contribution in [2.45, 2.75) is 0 Å². The lowest BCUT2D eigenvalue weighted by Crippen LogP contribution is -2.48. The van der Waals surface area contributed by atoms with Gasteiger partial charge in [-0.2, -0.15) is 0 Å². The molecular weight excluding hydrogens is 305 g/mol. The highest BCUT2D eigenvalue weighted by Crippen LogP contribution is 2.25. The van der Waals surface area contributed by atoms with Crippen LogP contribution in [0, 0.1) is 5.82 Å². The molecule has 22 heavy (non-hydrogen) atoms. The Balaban J connectivity index is 1.67. The molecule has 0 unspecified atom stereocenters. The number of aromatic nitrogens is 1. The molecule has 6 heteroatoms. The van der Waals surface area contributed by atoms with Crippen LogP contribution < -0.4 is 4.90 Å². The maximum absolute atomic E-state index is 13.2. The number of halogens is 2. The zero-order chi connectivity index (χ0) is 15.5. The van der Waals surface area contributed by atoms with Crippen molar-refractivity contribution in [2.24, 2.45) is 0 Å². The standard InChI is InChI=1S/C16H15ClFN3O/c17-14-11-19-5-4-15(14)20-6-8-21(9-7-20)16(22)12-2-1-3-13(18)10-12/h1-5,10-11H,6-9H2. The van der Waals surface area contributed by atoms with Gasteiger partial charge in [0.1, 0.15) is 5.82 Å². The topological polar surface area (TPSA) is 36.4 Å². The molecule has 1 saturated heterocycles. The summed E-state index contributed by atoms with van der Waals surface area (Å²) in [5.41, 5.74) is 1.31. The molecule has 1 aliphatic rings. The van der Waals surface area contributed by atoms with Crippen molar-refractivity contribution < 1.29 is 9.18 Å². The van der Waals surface area contributed by atoms with Crippen molar-refractivity contribution in [3.8, 4) is 0 Å². The number of rotatable bonds is 2. The third-order valence-electron chi connectivity index (χ3n) is 3.73. The van der Waals surface area contributed by atoms with Gasteiger partial charge in [0.15, 0.2) is 0 Å². The van der Waals surface area contributed by atoms with Crippen molar-refractivity contribution in [2.75, 3.05) is 31.1 Å². The molecule has 0 N–H and O–H groups in total. The first-order valence-electron chi connectivity index (χ1n) is 7.04. The molecule has 0 saturated carbocycles. The van der Waals surface area contributed by atoms with Crippen molar-refractivity contribution in [1.29, 1.82) is 0 Å². The van der Waals surface area contributed by atoms with E-state index in [-0.39, 0.29) is 5.91 Å². The first-order valence-corrected chi connectivity index (χ1v) is 7.42. The van der Waals surface area contributed by atoms with Gasteiger partial charge in [-0.15, -0.1) is 0 Å². The number of carbonyl (C=O) groups excluding carboxylic acids is 1. The van der Waals surface area contributed by atoms with E-state index in [1.54, 1.807) is 29.4 Å². The van der Waals surface area contributed by atoms with Crippen molar-refractivity contribution >= 4 is 23.2 Å².